The van der Waals surface area contributed by atoms with E-state index in [4.69, 9.17) is 35.5 Å². The molecule has 4 amide bonds. The number of amides is 4. The molecule has 4 aromatic heterocycles. The molecule has 0 bridgehead atoms. The van der Waals surface area contributed by atoms with E-state index in [9.17, 15) is 19.2 Å². The van der Waals surface area contributed by atoms with Crippen LogP contribution in [-0.2, 0) is 25.9 Å². The predicted octanol–water partition coefficient (Wildman–Crippen LogP) is 3.80. The number of fused-ring (bicyclic) bond motifs is 2. The molecule has 4 heterocycles. The van der Waals surface area contributed by atoms with E-state index in [1.807, 2.05) is 13.8 Å². The third kappa shape index (κ3) is 8.18. The second-order valence-electron chi connectivity index (χ2n) is 12.8. The molecule has 6 aromatic rings. The van der Waals surface area contributed by atoms with Crippen LogP contribution in [0.2, 0.25) is 0 Å². The number of nitrogens with two attached hydrogens (primary N) is 3. The van der Waals surface area contributed by atoms with Crippen LogP contribution in [-0.4, -0.2) is 73.0 Å². The first-order valence-electron chi connectivity index (χ1n) is 18.1. The van der Waals surface area contributed by atoms with Gasteiger partial charge in [-0.3, -0.25) is 29.8 Å². The molecule has 298 valence electrons. The van der Waals surface area contributed by atoms with Gasteiger partial charge in [-0.2, -0.15) is 0 Å². The van der Waals surface area contributed by atoms with Gasteiger partial charge in [-0.1, -0.05) is 26.0 Å². The number of imidazole rings is 2. The highest BCUT2D eigenvalue weighted by Crippen LogP contribution is 2.33. The molecule has 0 aliphatic carbocycles. The molecule has 0 spiro atoms. The number of rotatable bonds is 17. The van der Waals surface area contributed by atoms with Crippen molar-refractivity contribution < 1.29 is 37.5 Å². The lowest BCUT2D eigenvalue weighted by Crippen LogP contribution is -2.17. The summed E-state index contributed by atoms with van der Waals surface area (Å²) < 4.78 is 26.4. The molecule has 19 heteroatoms. The number of benzene rings is 2. The molecule has 0 atom stereocenters. The van der Waals surface area contributed by atoms with E-state index in [1.165, 1.54) is 31.4 Å². The summed E-state index contributed by atoms with van der Waals surface area (Å²) in [7, 11) is 1.44. The van der Waals surface area contributed by atoms with E-state index in [1.54, 1.807) is 35.1 Å². The van der Waals surface area contributed by atoms with E-state index in [2.05, 4.69) is 30.6 Å². The first kappa shape index (κ1) is 39.7. The fourth-order valence-electron chi connectivity index (χ4n) is 6.27. The predicted molar refractivity (Wildman–Crippen MR) is 209 cm³/mol. The van der Waals surface area contributed by atoms with Gasteiger partial charge in [0.05, 0.1) is 36.1 Å². The largest absolute Gasteiger partial charge is 0.494 e. The fraction of sp³-hybridized carbons (Fsp3) is 0.316. The maximum absolute atomic E-state index is 13.6. The summed E-state index contributed by atoms with van der Waals surface area (Å²) in [6.45, 7) is 7.87. The molecule has 8 N–H and O–H groups in total. The number of anilines is 2. The normalized spacial score (nSPS) is 11.5. The number of hydrogen-bond acceptors (Lipinski definition) is 13. The first-order valence-corrected chi connectivity index (χ1v) is 18.1. The quantitative estimate of drug-likeness (QED) is 0.0651. The number of allylic oxidation sites excluding steroid dienone is 2. The third-order valence-electron chi connectivity index (χ3n) is 8.89. The SMILES string of the molecule is CCc1nc(C)oc1C(=O)Nc1nc2cc(C(N)=O)cc(OC)c2n1CC=CCn1c(NC(=O)c2oc(C)nc2CC)nc2cc(C(N)=O)cc(OCCCN)c21. The second-order valence-corrected chi connectivity index (χ2v) is 12.8. The molecule has 57 heavy (non-hydrogen) atoms. The number of carbonyl (C=O) groups is 4. The number of carbonyl (C=O) groups excluding carboxylic acids is 4. The van der Waals surface area contributed by atoms with Crippen molar-refractivity contribution in [2.75, 3.05) is 30.9 Å². The van der Waals surface area contributed by atoms with Crippen molar-refractivity contribution in [2.45, 2.75) is 60.0 Å². The van der Waals surface area contributed by atoms with Crippen LogP contribution in [0.1, 0.15) is 85.3 Å². The molecule has 0 aliphatic rings. The van der Waals surface area contributed by atoms with Gasteiger partial charge in [0, 0.05) is 38.1 Å². The van der Waals surface area contributed by atoms with Crippen LogP contribution in [0.4, 0.5) is 11.9 Å². The Morgan fingerprint density at radius 2 is 1.19 bits per heavy atom. The Kier molecular flexibility index (Phi) is 11.7. The highest BCUT2D eigenvalue weighted by molar-refractivity contribution is 6.05. The van der Waals surface area contributed by atoms with Gasteiger partial charge >= 0.3 is 0 Å². The molecule has 0 unspecified atom stereocenters. The van der Waals surface area contributed by atoms with Crippen LogP contribution in [0, 0.1) is 13.8 Å². The average molecular weight is 782 g/mol. The molecule has 0 fully saturated rings. The van der Waals surface area contributed by atoms with Gasteiger partial charge in [-0.05, 0) is 50.1 Å². The summed E-state index contributed by atoms with van der Waals surface area (Å²) >= 11 is 0. The number of aromatic nitrogens is 6. The number of ether oxygens (including phenoxy) is 2. The number of nitrogens with one attached hydrogen (secondary N) is 2. The molecule has 0 saturated heterocycles. The fourth-order valence-corrected chi connectivity index (χ4v) is 6.27. The molecular formula is C38H43N11O8. The van der Waals surface area contributed by atoms with Gasteiger partial charge < -0.3 is 44.6 Å². The van der Waals surface area contributed by atoms with Crippen molar-refractivity contribution >= 4 is 57.6 Å². The van der Waals surface area contributed by atoms with Crippen LogP contribution < -0.4 is 37.3 Å². The molecule has 19 nitrogen and oxygen atoms in total. The zero-order chi connectivity index (χ0) is 41.0. The summed E-state index contributed by atoms with van der Waals surface area (Å²) in [6, 6.07) is 6.03. The molecule has 0 saturated carbocycles. The minimum Gasteiger partial charge on any atom is -0.494 e. The maximum Gasteiger partial charge on any atom is 0.295 e. The lowest BCUT2D eigenvalue weighted by Gasteiger charge is -2.13. The number of hydrogen-bond donors (Lipinski definition) is 5. The Morgan fingerprint density at radius 1 is 0.737 bits per heavy atom. The lowest BCUT2D eigenvalue weighted by atomic mass is 10.1. The number of methoxy groups -OCH3 is 1. The van der Waals surface area contributed by atoms with Crippen molar-refractivity contribution in [2.24, 2.45) is 17.2 Å². The van der Waals surface area contributed by atoms with E-state index in [0.29, 0.717) is 76.8 Å². The minimum absolute atomic E-state index is 0.0444. The smallest absolute Gasteiger partial charge is 0.295 e. The monoisotopic (exact) mass is 781 g/mol. The standard InChI is InChI=1S/C38H43N11O8/c1-6-23-31(56-19(3)42-23)35(52)46-37-44-25-15-21(33(40)50)17-27(54-5)29(25)48(37)12-8-9-13-49-30-26(16-22(34(41)51)18-28(30)55-14-10-11-39)45-38(49)47-36(53)32-24(7-2)43-20(4)57-32/h8-9,15-18H,6-7,10-14,39H2,1-5H3,(H2,40,50)(H2,41,51)(H,44,46,52)(H,45,47,53). The van der Waals surface area contributed by atoms with E-state index < -0.39 is 23.6 Å². The average Bonchev–Trinajstić information content (AvgIpc) is 3.95. The third-order valence-corrected chi connectivity index (χ3v) is 8.89. The molecule has 0 radical (unpaired) electrons. The number of nitrogens with zero attached hydrogens (tertiary/aromatic N) is 6. The molecule has 0 aliphatic heterocycles. The molecule has 6 rings (SSSR count). The highest BCUT2D eigenvalue weighted by Gasteiger charge is 2.25. The van der Waals surface area contributed by atoms with Crippen LogP contribution in [0.3, 0.4) is 0 Å². The van der Waals surface area contributed by atoms with E-state index in [-0.39, 0.29) is 60.0 Å². The van der Waals surface area contributed by atoms with Gasteiger partial charge in [-0.15, -0.1) is 0 Å². The van der Waals surface area contributed by atoms with Crippen molar-refractivity contribution in [1.29, 1.82) is 0 Å². The Labute approximate surface area is 325 Å². The van der Waals surface area contributed by atoms with Crippen LogP contribution in [0.15, 0.2) is 45.3 Å². The van der Waals surface area contributed by atoms with E-state index in [0.717, 1.165) is 0 Å². The summed E-state index contributed by atoms with van der Waals surface area (Å²) in [4.78, 5) is 69.5. The van der Waals surface area contributed by atoms with Crippen molar-refractivity contribution in [3.63, 3.8) is 0 Å². The van der Waals surface area contributed by atoms with Crippen LogP contribution >= 0.6 is 0 Å². The Hall–Kier alpha value is -7.02. The van der Waals surface area contributed by atoms with Crippen molar-refractivity contribution in [3.05, 3.63) is 82.2 Å². The number of aryl methyl sites for hydroxylation is 4. The summed E-state index contributed by atoms with van der Waals surface area (Å²) in [6.07, 6.45) is 5.05. The first-order chi connectivity index (χ1) is 27.4. The van der Waals surface area contributed by atoms with E-state index >= 15 is 0 Å². The van der Waals surface area contributed by atoms with Gasteiger partial charge in [0.25, 0.3) is 11.8 Å². The Morgan fingerprint density at radius 3 is 1.61 bits per heavy atom. The number of primary amides is 2. The van der Waals surface area contributed by atoms with Crippen LogP contribution in [0.25, 0.3) is 22.1 Å². The van der Waals surface area contributed by atoms with Gasteiger partial charge in [0.2, 0.25) is 35.2 Å². The summed E-state index contributed by atoms with van der Waals surface area (Å²) in [5, 5.41) is 5.66. The summed E-state index contributed by atoms with van der Waals surface area (Å²) in [5.41, 5.74) is 19.9. The second kappa shape index (κ2) is 16.8. The number of oxazole rings is 2. The zero-order valence-corrected chi connectivity index (χ0v) is 32.1. The highest BCUT2D eigenvalue weighted by atomic mass is 16.5. The Bertz CT molecular complexity index is 2540. The molecule has 2 aromatic carbocycles. The van der Waals surface area contributed by atoms with Crippen molar-refractivity contribution in [1.82, 2.24) is 29.1 Å². The topological polar surface area (TPSA) is 277 Å². The Balaban J connectivity index is 1.41. The zero-order valence-electron chi connectivity index (χ0n) is 32.1. The molecular weight excluding hydrogens is 738 g/mol. The minimum atomic E-state index is -0.691. The summed E-state index contributed by atoms with van der Waals surface area (Å²) in [5.74, 6) is -0.921. The van der Waals surface area contributed by atoms with Gasteiger partial charge in [0.15, 0.2) is 11.8 Å². The van der Waals surface area contributed by atoms with Crippen molar-refractivity contribution in [3.8, 4) is 11.5 Å². The van der Waals surface area contributed by atoms with Crippen LogP contribution in [0.5, 0.6) is 11.5 Å². The van der Waals surface area contributed by atoms with Gasteiger partial charge in [-0.25, -0.2) is 19.9 Å². The van der Waals surface area contributed by atoms with Gasteiger partial charge in [0.1, 0.15) is 22.5 Å². The maximum atomic E-state index is 13.6. The lowest BCUT2D eigenvalue weighted by molar-refractivity contribution is 0.0985.